The zero-order valence-electron chi connectivity index (χ0n) is 10.1. The SMILES string of the molecule is N[C@@H](CNS(=O)(=O)NCCN1CCCC1)C(=O)O. The molecule has 1 heterocycles. The molecule has 1 saturated heterocycles. The highest BCUT2D eigenvalue weighted by atomic mass is 32.2. The third-order valence-corrected chi connectivity index (χ3v) is 3.86. The molecule has 8 nitrogen and oxygen atoms in total. The van der Waals surface area contributed by atoms with Gasteiger partial charge in [-0.25, -0.2) is 9.44 Å². The lowest BCUT2D eigenvalue weighted by Crippen LogP contribution is -2.47. The average molecular weight is 280 g/mol. The summed E-state index contributed by atoms with van der Waals surface area (Å²) in [6, 6.07) is -1.24. The summed E-state index contributed by atoms with van der Waals surface area (Å²) in [5, 5.41) is 8.51. The third-order valence-electron chi connectivity index (χ3n) is 2.73. The Labute approximate surface area is 107 Å². The molecule has 0 aromatic heterocycles. The first kappa shape index (κ1) is 15.3. The van der Waals surface area contributed by atoms with Gasteiger partial charge in [0.1, 0.15) is 6.04 Å². The van der Waals surface area contributed by atoms with Crippen LogP contribution in [0, 0.1) is 0 Å². The summed E-state index contributed by atoms with van der Waals surface area (Å²) in [6.45, 7) is 2.63. The quantitative estimate of drug-likeness (QED) is 0.404. The molecule has 5 N–H and O–H groups in total. The third kappa shape index (κ3) is 5.74. The van der Waals surface area contributed by atoms with Crippen molar-refractivity contribution in [3.05, 3.63) is 0 Å². The van der Waals surface area contributed by atoms with Gasteiger partial charge in [0.25, 0.3) is 10.2 Å². The molecule has 1 aliphatic heterocycles. The maximum Gasteiger partial charge on any atom is 0.321 e. The average Bonchev–Trinajstić information content (AvgIpc) is 2.78. The summed E-state index contributed by atoms with van der Waals surface area (Å²) in [5.41, 5.74) is 5.19. The highest BCUT2D eigenvalue weighted by molar-refractivity contribution is 7.87. The van der Waals surface area contributed by atoms with Gasteiger partial charge in [0, 0.05) is 19.6 Å². The predicted molar refractivity (Wildman–Crippen MR) is 66.2 cm³/mol. The van der Waals surface area contributed by atoms with Crippen molar-refractivity contribution in [3.63, 3.8) is 0 Å². The predicted octanol–water partition coefficient (Wildman–Crippen LogP) is -2.08. The first-order chi connectivity index (χ1) is 8.41. The molecular formula is C9H20N4O4S. The monoisotopic (exact) mass is 280 g/mol. The minimum absolute atomic E-state index is 0.303. The van der Waals surface area contributed by atoms with E-state index in [0.29, 0.717) is 13.1 Å². The molecule has 0 aromatic rings. The lowest BCUT2D eigenvalue weighted by atomic mass is 10.3. The summed E-state index contributed by atoms with van der Waals surface area (Å²) in [7, 11) is -3.67. The fourth-order valence-electron chi connectivity index (χ4n) is 1.68. The van der Waals surface area contributed by atoms with Crippen LogP contribution >= 0.6 is 0 Å². The maximum absolute atomic E-state index is 11.4. The van der Waals surface area contributed by atoms with Gasteiger partial charge in [-0.15, -0.1) is 0 Å². The zero-order valence-corrected chi connectivity index (χ0v) is 10.9. The van der Waals surface area contributed by atoms with E-state index in [-0.39, 0.29) is 6.54 Å². The van der Waals surface area contributed by atoms with Crippen molar-refractivity contribution in [2.24, 2.45) is 5.73 Å². The van der Waals surface area contributed by atoms with E-state index >= 15 is 0 Å². The number of carbonyl (C=O) groups is 1. The van der Waals surface area contributed by atoms with Gasteiger partial charge in [-0.1, -0.05) is 0 Å². The number of hydrogen-bond acceptors (Lipinski definition) is 5. The van der Waals surface area contributed by atoms with Crippen molar-refractivity contribution >= 4 is 16.2 Å². The first-order valence-electron chi connectivity index (χ1n) is 5.86. The molecular weight excluding hydrogens is 260 g/mol. The van der Waals surface area contributed by atoms with Crippen LogP contribution in [0.1, 0.15) is 12.8 Å². The normalized spacial score (nSPS) is 18.9. The Morgan fingerprint density at radius 2 is 1.94 bits per heavy atom. The molecule has 0 unspecified atom stereocenters. The van der Waals surface area contributed by atoms with Crippen LogP contribution in [0.25, 0.3) is 0 Å². The van der Waals surface area contributed by atoms with Gasteiger partial charge in [-0.3, -0.25) is 4.79 Å². The molecule has 0 saturated carbocycles. The van der Waals surface area contributed by atoms with Crippen LogP contribution in [0.4, 0.5) is 0 Å². The van der Waals surface area contributed by atoms with Gasteiger partial charge in [0.2, 0.25) is 0 Å². The Morgan fingerprint density at radius 1 is 1.33 bits per heavy atom. The van der Waals surface area contributed by atoms with Crippen LogP contribution in [0.5, 0.6) is 0 Å². The second-order valence-electron chi connectivity index (χ2n) is 4.24. The van der Waals surface area contributed by atoms with E-state index in [4.69, 9.17) is 10.8 Å². The van der Waals surface area contributed by atoms with E-state index < -0.39 is 22.2 Å². The van der Waals surface area contributed by atoms with E-state index in [9.17, 15) is 13.2 Å². The summed E-state index contributed by atoms with van der Waals surface area (Å²) in [4.78, 5) is 12.6. The highest BCUT2D eigenvalue weighted by Crippen LogP contribution is 2.05. The number of nitrogens with two attached hydrogens (primary N) is 1. The van der Waals surface area contributed by atoms with E-state index in [0.717, 1.165) is 25.9 Å². The number of nitrogens with zero attached hydrogens (tertiary/aromatic N) is 1. The van der Waals surface area contributed by atoms with E-state index in [2.05, 4.69) is 14.3 Å². The van der Waals surface area contributed by atoms with E-state index in [1.165, 1.54) is 0 Å². The second-order valence-corrected chi connectivity index (χ2v) is 5.82. The highest BCUT2D eigenvalue weighted by Gasteiger charge is 2.17. The molecule has 0 spiro atoms. The second kappa shape index (κ2) is 7.00. The number of aliphatic carboxylic acids is 1. The van der Waals surface area contributed by atoms with Crippen molar-refractivity contribution in [2.45, 2.75) is 18.9 Å². The minimum Gasteiger partial charge on any atom is -0.480 e. The number of rotatable bonds is 8. The topological polar surface area (TPSA) is 125 Å². The lowest BCUT2D eigenvalue weighted by Gasteiger charge is -2.15. The van der Waals surface area contributed by atoms with Crippen molar-refractivity contribution < 1.29 is 18.3 Å². The molecule has 106 valence electrons. The van der Waals surface area contributed by atoms with Crippen LogP contribution in [0.2, 0.25) is 0 Å². The van der Waals surface area contributed by atoms with Gasteiger partial charge in [-0.05, 0) is 25.9 Å². The van der Waals surface area contributed by atoms with Crippen LogP contribution in [-0.2, 0) is 15.0 Å². The van der Waals surface area contributed by atoms with Gasteiger partial charge in [-0.2, -0.15) is 8.42 Å². The molecule has 1 fully saturated rings. The van der Waals surface area contributed by atoms with Gasteiger partial charge in [0.15, 0.2) is 0 Å². The maximum atomic E-state index is 11.4. The molecule has 0 radical (unpaired) electrons. The Bertz CT molecular complexity index is 367. The molecule has 0 aromatic carbocycles. The Morgan fingerprint density at radius 3 is 2.50 bits per heavy atom. The molecule has 1 rings (SSSR count). The van der Waals surface area contributed by atoms with Crippen LogP contribution in [0.3, 0.4) is 0 Å². The fourth-order valence-corrected chi connectivity index (χ4v) is 2.54. The first-order valence-corrected chi connectivity index (χ1v) is 7.34. The molecule has 1 aliphatic rings. The Kier molecular flexibility index (Phi) is 5.96. The standard InChI is InChI=1S/C9H20N4O4S/c10-8(9(14)15)7-12-18(16,17)11-3-6-13-4-1-2-5-13/h8,11-12H,1-7,10H2,(H,14,15)/t8-/m0/s1. The number of carboxylic acids is 1. The minimum atomic E-state index is -3.67. The van der Waals surface area contributed by atoms with Crippen molar-refractivity contribution in [3.8, 4) is 0 Å². The van der Waals surface area contributed by atoms with Gasteiger partial charge >= 0.3 is 5.97 Å². The summed E-state index contributed by atoms with van der Waals surface area (Å²) >= 11 is 0. The fraction of sp³-hybridized carbons (Fsp3) is 0.889. The molecule has 0 amide bonds. The molecule has 9 heteroatoms. The smallest absolute Gasteiger partial charge is 0.321 e. The largest absolute Gasteiger partial charge is 0.480 e. The van der Waals surface area contributed by atoms with Crippen molar-refractivity contribution in [1.82, 2.24) is 14.3 Å². The number of nitrogens with one attached hydrogen (secondary N) is 2. The zero-order chi connectivity index (χ0) is 13.6. The summed E-state index contributed by atoms with van der Waals surface area (Å²) in [5.74, 6) is -1.24. The lowest BCUT2D eigenvalue weighted by molar-refractivity contribution is -0.138. The molecule has 18 heavy (non-hydrogen) atoms. The van der Waals surface area contributed by atoms with Crippen molar-refractivity contribution in [1.29, 1.82) is 0 Å². The summed E-state index contributed by atoms with van der Waals surface area (Å²) in [6.07, 6.45) is 2.30. The Hall–Kier alpha value is -0.740. The number of likely N-dealkylation sites (tertiary alicyclic amines) is 1. The summed E-state index contributed by atoms with van der Waals surface area (Å²) < 4.78 is 27.3. The molecule has 0 aliphatic carbocycles. The van der Waals surface area contributed by atoms with Crippen LogP contribution in [0.15, 0.2) is 0 Å². The number of carboxylic acid groups (broad SMARTS) is 1. The molecule has 1 atom stereocenters. The van der Waals surface area contributed by atoms with Gasteiger partial charge < -0.3 is 15.7 Å². The van der Waals surface area contributed by atoms with Crippen molar-refractivity contribution in [2.75, 3.05) is 32.7 Å². The van der Waals surface area contributed by atoms with Crippen LogP contribution in [-0.4, -0.2) is 63.2 Å². The van der Waals surface area contributed by atoms with Crippen LogP contribution < -0.4 is 15.2 Å². The number of hydrogen-bond donors (Lipinski definition) is 4. The molecule has 0 bridgehead atoms. The van der Waals surface area contributed by atoms with E-state index in [1.807, 2.05) is 0 Å². The van der Waals surface area contributed by atoms with Gasteiger partial charge in [0.05, 0.1) is 0 Å². The van der Waals surface area contributed by atoms with E-state index in [1.54, 1.807) is 0 Å². The Balaban J connectivity index is 2.20.